The number of nitrogens with one attached hydrogen (secondary N) is 1. The van der Waals surface area contributed by atoms with Crippen LogP contribution >= 0.6 is 0 Å². The molecule has 0 saturated heterocycles. The highest BCUT2D eigenvalue weighted by molar-refractivity contribution is 5.81. The van der Waals surface area contributed by atoms with Gasteiger partial charge in [0.2, 0.25) is 0 Å². The first-order chi connectivity index (χ1) is 8.56. The third-order valence-corrected chi connectivity index (χ3v) is 2.92. The van der Waals surface area contributed by atoms with Gasteiger partial charge in [-0.25, -0.2) is 9.59 Å². The summed E-state index contributed by atoms with van der Waals surface area (Å²) in [6, 6.07) is -0.635. The lowest BCUT2D eigenvalue weighted by molar-refractivity contribution is -0.147. The average Bonchev–Trinajstić information content (AvgIpc) is 2.39. The van der Waals surface area contributed by atoms with E-state index in [1.54, 1.807) is 0 Å². The largest absolute Gasteiger partial charge is 0.464 e. The molecule has 5 heteroatoms. The number of rotatable bonds is 8. The van der Waals surface area contributed by atoms with Crippen LogP contribution in [0.15, 0.2) is 0 Å². The van der Waals surface area contributed by atoms with Crippen LogP contribution < -0.4 is 5.32 Å². The molecular weight excluding hydrogens is 234 g/mol. The van der Waals surface area contributed by atoms with Crippen molar-refractivity contribution in [2.24, 2.45) is 5.92 Å². The summed E-state index contributed by atoms with van der Waals surface area (Å²) >= 11 is 0. The summed E-state index contributed by atoms with van der Waals surface area (Å²) in [7, 11) is 1.27. The van der Waals surface area contributed by atoms with E-state index >= 15 is 0 Å². The Kier molecular flexibility index (Phi) is 9.06. The summed E-state index contributed by atoms with van der Waals surface area (Å²) in [6.45, 7) is 6.35. The highest BCUT2D eigenvalue weighted by Gasteiger charge is 2.27. The fourth-order valence-corrected chi connectivity index (χ4v) is 1.47. The van der Waals surface area contributed by atoms with Crippen LogP contribution in [0.25, 0.3) is 0 Å². The molecule has 2 unspecified atom stereocenters. The topological polar surface area (TPSA) is 64.6 Å². The van der Waals surface area contributed by atoms with Gasteiger partial charge in [-0.2, -0.15) is 0 Å². The maximum Gasteiger partial charge on any atom is 0.407 e. The Morgan fingerprint density at radius 2 is 1.89 bits per heavy atom. The van der Waals surface area contributed by atoms with Crippen LogP contribution in [-0.4, -0.2) is 31.8 Å². The predicted molar refractivity (Wildman–Crippen MR) is 69.3 cm³/mol. The Balaban J connectivity index is 4.27. The van der Waals surface area contributed by atoms with Crippen molar-refractivity contribution in [2.45, 2.75) is 52.5 Å². The molecule has 106 valence electrons. The first kappa shape index (κ1) is 16.7. The van der Waals surface area contributed by atoms with Crippen LogP contribution in [-0.2, 0) is 14.3 Å². The van der Waals surface area contributed by atoms with Gasteiger partial charge in [-0.05, 0) is 12.3 Å². The Labute approximate surface area is 109 Å². The smallest absolute Gasteiger partial charge is 0.407 e. The van der Waals surface area contributed by atoms with Crippen LogP contribution in [0.5, 0.6) is 0 Å². The molecule has 0 aliphatic rings. The highest BCUT2D eigenvalue weighted by Crippen LogP contribution is 2.10. The number of hydrogen-bond donors (Lipinski definition) is 1. The van der Waals surface area contributed by atoms with Crippen molar-refractivity contribution in [3.63, 3.8) is 0 Å². The molecule has 0 aliphatic heterocycles. The monoisotopic (exact) mass is 259 g/mol. The van der Waals surface area contributed by atoms with Gasteiger partial charge in [0, 0.05) is 0 Å². The van der Waals surface area contributed by atoms with Crippen LogP contribution in [0.2, 0.25) is 0 Å². The van der Waals surface area contributed by atoms with Crippen molar-refractivity contribution in [1.82, 2.24) is 5.32 Å². The minimum Gasteiger partial charge on any atom is -0.464 e. The van der Waals surface area contributed by atoms with E-state index in [-0.39, 0.29) is 11.9 Å². The van der Waals surface area contributed by atoms with Crippen molar-refractivity contribution in [1.29, 1.82) is 0 Å². The molecule has 0 rings (SSSR count). The van der Waals surface area contributed by atoms with Gasteiger partial charge < -0.3 is 14.8 Å². The fourth-order valence-electron chi connectivity index (χ4n) is 1.47. The van der Waals surface area contributed by atoms with E-state index in [9.17, 15) is 9.59 Å². The first-order valence-corrected chi connectivity index (χ1v) is 6.57. The lowest BCUT2D eigenvalue weighted by Gasteiger charge is -2.21. The Bertz CT molecular complexity index is 255. The van der Waals surface area contributed by atoms with E-state index < -0.39 is 12.1 Å². The van der Waals surface area contributed by atoms with Gasteiger partial charge in [-0.15, -0.1) is 0 Å². The number of unbranched alkanes of at least 4 members (excludes halogenated alkanes) is 2. The SMILES string of the molecule is CCCCCOC(=O)C(NC(=O)OC)C(C)CC. The lowest BCUT2D eigenvalue weighted by atomic mass is 9.99. The molecule has 0 spiro atoms. The zero-order valence-electron chi connectivity index (χ0n) is 11.8. The Morgan fingerprint density at radius 1 is 1.22 bits per heavy atom. The molecule has 0 aromatic rings. The highest BCUT2D eigenvalue weighted by atomic mass is 16.5. The van der Waals surface area contributed by atoms with E-state index in [4.69, 9.17) is 4.74 Å². The number of amides is 1. The molecule has 0 saturated carbocycles. The van der Waals surface area contributed by atoms with E-state index in [1.807, 2.05) is 13.8 Å². The second kappa shape index (κ2) is 9.74. The molecule has 18 heavy (non-hydrogen) atoms. The number of esters is 1. The predicted octanol–water partition coefficient (Wildman–Crippen LogP) is 2.49. The summed E-state index contributed by atoms with van der Waals surface area (Å²) < 4.78 is 9.68. The molecule has 2 atom stereocenters. The van der Waals surface area contributed by atoms with Gasteiger partial charge in [0.15, 0.2) is 0 Å². The summed E-state index contributed by atoms with van der Waals surface area (Å²) in [5, 5.41) is 2.52. The van der Waals surface area contributed by atoms with Gasteiger partial charge >= 0.3 is 12.1 Å². The van der Waals surface area contributed by atoms with Crippen LogP contribution in [0.4, 0.5) is 4.79 Å². The van der Waals surface area contributed by atoms with Crippen molar-refractivity contribution < 1.29 is 19.1 Å². The van der Waals surface area contributed by atoms with E-state index in [1.165, 1.54) is 7.11 Å². The molecule has 1 amide bonds. The molecule has 0 heterocycles. The number of alkyl carbamates (subject to hydrolysis) is 1. The third kappa shape index (κ3) is 6.47. The molecule has 0 aliphatic carbocycles. The summed E-state index contributed by atoms with van der Waals surface area (Å²) in [5.74, 6) is -0.367. The van der Waals surface area contributed by atoms with Gasteiger partial charge in [0.1, 0.15) is 6.04 Å². The fraction of sp³-hybridized carbons (Fsp3) is 0.846. The van der Waals surface area contributed by atoms with Gasteiger partial charge in [0.25, 0.3) is 0 Å². The second-order valence-corrected chi connectivity index (χ2v) is 4.37. The van der Waals surface area contributed by atoms with E-state index in [0.29, 0.717) is 6.61 Å². The van der Waals surface area contributed by atoms with Crippen LogP contribution in [0.1, 0.15) is 46.5 Å². The third-order valence-electron chi connectivity index (χ3n) is 2.92. The summed E-state index contributed by atoms with van der Waals surface area (Å²) in [6.07, 6.45) is 3.14. The van der Waals surface area contributed by atoms with Crippen molar-refractivity contribution in [3.8, 4) is 0 Å². The maximum atomic E-state index is 11.9. The number of ether oxygens (including phenoxy) is 2. The van der Waals surface area contributed by atoms with Crippen molar-refractivity contribution >= 4 is 12.1 Å². The number of methoxy groups -OCH3 is 1. The van der Waals surface area contributed by atoms with E-state index in [0.717, 1.165) is 25.7 Å². The molecule has 0 fully saturated rings. The molecule has 5 nitrogen and oxygen atoms in total. The lowest BCUT2D eigenvalue weighted by Crippen LogP contribution is -2.46. The standard InChI is InChI=1S/C13H25NO4/c1-5-7-8-9-18-12(15)11(10(3)6-2)14-13(16)17-4/h10-11H,5-9H2,1-4H3,(H,14,16). The van der Waals surface area contributed by atoms with Crippen molar-refractivity contribution in [3.05, 3.63) is 0 Å². The molecule has 0 aromatic carbocycles. The van der Waals surface area contributed by atoms with E-state index in [2.05, 4.69) is 17.0 Å². The zero-order valence-corrected chi connectivity index (χ0v) is 11.8. The first-order valence-electron chi connectivity index (χ1n) is 6.57. The normalized spacial score (nSPS) is 13.6. The summed E-state index contributed by atoms with van der Waals surface area (Å²) in [5.41, 5.74) is 0. The number of carbonyl (C=O) groups excluding carboxylic acids is 2. The maximum absolute atomic E-state index is 11.9. The number of hydrogen-bond acceptors (Lipinski definition) is 4. The van der Waals surface area contributed by atoms with Crippen LogP contribution in [0, 0.1) is 5.92 Å². The molecular formula is C13H25NO4. The molecule has 0 radical (unpaired) electrons. The van der Waals surface area contributed by atoms with Crippen molar-refractivity contribution in [2.75, 3.05) is 13.7 Å². The van der Waals surface area contributed by atoms with Gasteiger partial charge in [-0.1, -0.05) is 40.0 Å². The van der Waals surface area contributed by atoms with Gasteiger partial charge in [0.05, 0.1) is 13.7 Å². The van der Waals surface area contributed by atoms with Crippen LogP contribution in [0.3, 0.4) is 0 Å². The minimum atomic E-state index is -0.635. The van der Waals surface area contributed by atoms with Gasteiger partial charge in [-0.3, -0.25) is 0 Å². The zero-order chi connectivity index (χ0) is 14.0. The average molecular weight is 259 g/mol. The Morgan fingerprint density at radius 3 is 2.39 bits per heavy atom. The molecule has 1 N–H and O–H groups in total. The Hall–Kier alpha value is -1.26. The minimum absolute atomic E-state index is 0.0165. The number of carbonyl (C=O) groups is 2. The quantitative estimate of drug-likeness (QED) is 0.537. The second-order valence-electron chi connectivity index (χ2n) is 4.37. The summed E-state index contributed by atoms with van der Waals surface area (Å²) in [4.78, 5) is 23.0. The molecule has 0 aromatic heterocycles. The molecule has 0 bridgehead atoms.